The molecule has 21 heavy (non-hydrogen) atoms. The number of pyridine rings is 1. The highest BCUT2D eigenvalue weighted by atomic mass is 16.2. The first kappa shape index (κ1) is 15.9. The minimum atomic E-state index is 0.144. The molecule has 1 aliphatic heterocycles. The normalized spacial score (nSPS) is 18.4. The van der Waals surface area contributed by atoms with E-state index in [1.165, 1.54) is 5.56 Å². The maximum absolute atomic E-state index is 11.9. The van der Waals surface area contributed by atoms with Crippen LogP contribution >= 0.6 is 0 Å². The van der Waals surface area contributed by atoms with Gasteiger partial charge in [-0.3, -0.25) is 19.6 Å². The van der Waals surface area contributed by atoms with E-state index in [1.807, 2.05) is 19.2 Å². The molecule has 0 radical (unpaired) electrons. The Morgan fingerprint density at radius 2 is 2.05 bits per heavy atom. The first-order chi connectivity index (χ1) is 10.2. The topological polar surface area (TPSA) is 48.5 Å². The van der Waals surface area contributed by atoms with E-state index in [-0.39, 0.29) is 11.9 Å². The number of hydrogen-bond acceptors (Lipinski definition) is 4. The summed E-state index contributed by atoms with van der Waals surface area (Å²) in [6, 6.07) is 4.36. The van der Waals surface area contributed by atoms with Gasteiger partial charge in [-0.2, -0.15) is 0 Å². The molecule has 0 bridgehead atoms. The minimum Gasteiger partial charge on any atom is -0.353 e. The summed E-state index contributed by atoms with van der Waals surface area (Å²) in [6.45, 7) is 9.51. The van der Waals surface area contributed by atoms with Crippen molar-refractivity contribution < 1.29 is 4.79 Å². The van der Waals surface area contributed by atoms with Crippen LogP contribution in [0.1, 0.15) is 25.8 Å². The predicted octanol–water partition coefficient (Wildman–Crippen LogP) is 1.11. The van der Waals surface area contributed by atoms with Crippen LogP contribution in [0.15, 0.2) is 24.5 Å². The minimum absolute atomic E-state index is 0.144. The zero-order valence-electron chi connectivity index (χ0n) is 13.1. The van der Waals surface area contributed by atoms with Crippen LogP contribution in [0, 0.1) is 0 Å². The molecule has 1 aromatic heterocycles. The van der Waals surface area contributed by atoms with Crippen LogP contribution in [-0.2, 0) is 11.3 Å². The summed E-state index contributed by atoms with van der Waals surface area (Å²) in [6.07, 6.45) is 4.70. The van der Waals surface area contributed by atoms with Gasteiger partial charge in [0.1, 0.15) is 0 Å². The van der Waals surface area contributed by atoms with Crippen molar-refractivity contribution in [1.29, 1.82) is 0 Å². The van der Waals surface area contributed by atoms with Crippen LogP contribution in [-0.4, -0.2) is 59.5 Å². The third-order valence-electron chi connectivity index (χ3n) is 3.98. The Kier molecular flexibility index (Phi) is 6.14. The van der Waals surface area contributed by atoms with Gasteiger partial charge in [0.2, 0.25) is 5.91 Å². The molecular formula is C16H26N4O. The number of aromatic nitrogens is 1. The fourth-order valence-corrected chi connectivity index (χ4v) is 2.48. The van der Waals surface area contributed by atoms with E-state index in [0.717, 1.165) is 39.1 Å². The van der Waals surface area contributed by atoms with E-state index in [1.54, 1.807) is 6.20 Å². The van der Waals surface area contributed by atoms with Crippen LogP contribution in [0.4, 0.5) is 0 Å². The number of rotatable bonds is 6. The molecule has 0 aromatic carbocycles. The predicted molar refractivity (Wildman–Crippen MR) is 83.8 cm³/mol. The highest BCUT2D eigenvalue weighted by molar-refractivity contribution is 5.78. The SMILES string of the molecule is CC[C@H](C)NC(=O)CN1CCN(Cc2cccnc2)CC1. The summed E-state index contributed by atoms with van der Waals surface area (Å²) in [7, 11) is 0. The van der Waals surface area contributed by atoms with Crippen molar-refractivity contribution in [3.8, 4) is 0 Å². The lowest BCUT2D eigenvalue weighted by Gasteiger charge is -2.34. The smallest absolute Gasteiger partial charge is 0.234 e. The molecule has 1 atom stereocenters. The van der Waals surface area contributed by atoms with Crippen molar-refractivity contribution in [3.05, 3.63) is 30.1 Å². The third kappa shape index (κ3) is 5.44. The summed E-state index contributed by atoms with van der Waals surface area (Å²) in [4.78, 5) is 20.7. The summed E-state index contributed by atoms with van der Waals surface area (Å²) in [5, 5.41) is 3.03. The van der Waals surface area contributed by atoms with Gasteiger partial charge in [0.05, 0.1) is 6.54 Å². The van der Waals surface area contributed by atoms with Crippen molar-refractivity contribution in [1.82, 2.24) is 20.1 Å². The van der Waals surface area contributed by atoms with Gasteiger partial charge in [-0.05, 0) is 25.0 Å². The fourth-order valence-electron chi connectivity index (χ4n) is 2.48. The lowest BCUT2D eigenvalue weighted by atomic mass is 10.2. The average Bonchev–Trinajstić information content (AvgIpc) is 2.50. The molecule has 5 heteroatoms. The van der Waals surface area contributed by atoms with Gasteiger partial charge in [-0.1, -0.05) is 13.0 Å². The maximum atomic E-state index is 11.9. The second kappa shape index (κ2) is 8.10. The van der Waals surface area contributed by atoms with E-state index >= 15 is 0 Å². The van der Waals surface area contributed by atoms with E-state index < -0.39 is 0 Å². The largest absolute Gasteiger partial charge is 0.353 e. The standard InChI is InChI=1S/C16H26N4O/c1-3-14(2)18-16(21)13-20-9-7-19(8-10-20)12-15-5-4-6-17-11-15/h4-6,11,14H,3,7-10,12-13H2,1-2H3,(H,18,21)/t14-/m0/s1. The molecule has 2 heterocycles. The summed E-state index contributed by atoms with van der Waals surface area (Å²) in [5.74, 6) is 0.144. The molecule has 0 saturated carbocycles. The van der Waals surface area contributed by atoms with E-state index in [2.05, 4.69) is 33.1 Å². The zero-order chi connectivity index (χ0) is 15.1. The molecule has 0 spiro atoms. The number of piperazine rings is 1. The van der Waals surface area contributed by atoms with Gasteiger partial charge in [0, 0.05) is 51.2 Å². The number of hydrogen-bond donors (Lipinski definition) is 1. The quantitative estimate of drug-likeness (QED) is 0.853. The Morgan fingerprint density at radius 3 is 2.67 bits per heavy atom. The average molecular weight is 290 g/mol. The van der Waals surface area contributed by atoms with Crippen molar-refractivity contribution in [2.45, 2.75) is 32.9 Å². The molecule has 0 aliphatic carbocycles. The molecule has 5 nitrogen and oxygen atoms in total. The third-order valence-corrected chi connectivity index (χ3v) is 3.98. The molecule has 1 aliphatic rings. The van der Waals surface area contributed by atoms with Crippen molar-refractivity contribution >= 4 is 5.91 Å². The van der Waals surface area contributed by atoms with Crippen LogP contribution < -0.4 is 5.32 Å². The summed E-state index contributed by atoms with van der Waals surface area (Å²) in [5.41, 5.74) is 1.25. The molecule has 1 aromatic rings. The van der Waals surface area contributed by atoms with Crippen molar-refractivity contribution in [3.63, 3.8) is 0 Å². The number of amides is 1. The second-order valence-electron chi connectivity index (χ2n) is 5.79. The maximum Gasteiger partial charge on any atom is 0.234 e. The molecule has 0 unspecified atom stereocenters. The summed E-state index contributed by atoms with van der Waals surface area (Å²) < 4.78 is 0. The lowest BCUT2D eigenvalue weighted by molar-refractivity contribution is -0.123. The Bertz CT molecular complexity index is 429. The first-order valence-electron chi connectivity index (χ1n) is 7.80. The molecular weight excluding hydrogens is 264 g/mol. The lowest BCUT2D eigenvalue weighted by Crippen LogP contribution is -2.49. The molecule has 2 rings (SSSR count). The summed E-state index contributed by atoms with van der Waals surface area (Å²) >= 11 is 0. The van der Waals surface area contributed by atoms with Crippen LogP contribution in [0.2, 0.25) is 0 Å². The van der Waals surface area contributed by atoms with Gasteiger partial charge in [0.15, 0.2) is 0 Å². The Hall–Kier alpha value is -1.46. The number of carbonyl (C=O) groups excluding carboxylic acids is 1. The van der Waals surface area contributed by atoms with Gasteiger partial charge in [-0.25, -0.2) is 0 Å². The van der Waals surface area contributed by atoms with Crippen LogP contribution in [0.3, 0.4) is 0 Å². The van der Waals surface area contributed by atoms with E-state index in [4.69, 9.17) is 0 Å². The molecule has 1 saturated heterocycles. The van der Waals surface area contributed by atoms with Gasteiger partial charge in [0.25, 0.3) is 0 Å². The van der Waals surface area contributed by atoms with E-state index in [9.17, 15) is 4.79 Å². The fraction of sp³-hybridized carbons (Fsp3) is 0.625. The Labute approximate surface area is 127 Å². The van der Waals surface area contributed by atoms with Gasteiger partial charge < -0.3 is 5.32 Å². The van der Waals surface area contributed by atoms with Crippen LogP contribution in [0.5, 0.6) is 0 Å². The molecule has 1 N–H and O–H groups in total. The van der Waals surface area contributed by atoms with Crippen LogP contribution in [0.25, 0.3) is 0 Å². The van der Waals surface area contributed by atoms with Crippen molar-refractivity contribution in [2.24, 2.45) is 0 Å². The number of nitrogens with zero attached hydrogens (tertiary/aromatic N) is 3. The number of nitrogens with one attached hydrogen (secondary N) is 1. The van der Waals surface area contributed by atoms with Gasteiger partial charge >= 0.3 is 0 Å². The van der Waals surface area contributed by atoms with Gasteiger partial charge in [-0.15, -0.1) is 0 Å². The highest BCUT2D eigenvalue weighted by Crippen LogP contribution is 2.07. The molecule has 1 fully saturated rings. The second-order valence-corrected chi connectivity index (χ2v) is 5.79. The van der Waals surface area contributed by atoms with E-state index in [0.29, 0.717) is 6.54 Å². The molecule has 116 valence electrons. The first-order valence-corrected chi connectivity index (χ1v) is 7.80. The highest BCUT2D eigenvalue weighted by Gasteiger charge is 2.19. The zero-order valence-corrected chi connectivity index (χ0v) is 13.1. The van der Waals surface area contributed by atoms with Crippen molar-refractivity contribution in [2.75, 3.05) is 32.7 Å². The monoisotopic (exact) mass is 290 g/mol. The Morgan fingerprint density at radius 1 is 1.33 bits per heavy atom. The molecule has 1 amide bonds. The Balaban J connectivity index is 1.69. The number of carbonyl (C=O) groups is 1.